The fourth-order valence-electron chi connectivity index (χ4n) is 1.17. The van der Waals surface area contributed by atoms with E-state index in [1.807, 2.05) is 0 Å². The third-order valence-corrected chi connectivity index (χ3v) is 2.09. The summed E-state index contributed by atoms with van der Waals surface area (Å²) in [6.45, 7) is 0. The molecule has 0 aliphatic carbocycles. The van der Waals surface area contributed by atoms with Crippen molar-refractivity contribution in [3.05, 3.63) is 30.6 Å². The van der Waals surface area contributed by atoms with Crippen LogP contribution in [0.4, 0.5) is 5.69 Å². The van der Waals surface area contributed by atoms with Crippen LogP contribution in [0.5, 0.6) is 0 Å². The minimum atomic E-state index is -2.09. The van der Waals surface area contributed by atoms with Gasteiger partial charge in [-0.25, -0.2) is 4.21 Å². The first-order chi connectivity index (χ1) is 6.77. The van der Waals surface area contributed by atoms with Crippen molar-refractivity contribution in [2.24, 2.45) is 0 Å². The highest BCUT2D eigenvalue weighted by Gasteiger charge is 2.03. The summed E-state index contributed by atoms with van der Waals surface area (Å²) in [6.07, 6.45) is 3.11. The van der Waals surface area contributed by atoms with Gasteiger partial charge in [-0.15, -0.1) is 0 Å². The topological polar surface area (TPSA) is 75.1 Å². The highest BCUT2D eigenvalue weighted by Crippen LogP contribution is 2.18. The van der Waals surface area contributed by atoms with Crippen LogP contribution in [0, 0.1) is 0 Å². The number of hydrogen-bond acceptors (Lipinski definition) is 3. The van der Waals surface area contributed by atoms with Crippen LogP contribution in [0.15, 0.2) is 30.6 Å². The van der Waals surface area contributed by atoms with Crippen molar-refractivity contribution in [3.63, 3.8) is 0 Å². The molecule has 2 rings (SSSR count). The van der Waals surface area contributed by atoms with E-state index in [1.54, 1.807) is 24.4 Å². The largest absolute Gasteiger partial charge is 0.289 e. The van der Waals surface area contributed by atoms with Crippen LogP contribution in [-0.2, 0) is 11.3 Å². The average molecular weight is 209 g/mol. The van der Waals surface area contributed by atoms with E-state index in [0.29, 0.717) is 16.7 Å². The van der Waals surface area contributed by atoms with Gasteiger partial charge in [0, 0.05) is 12.4 Å². The van der Waals surface area contributed by atoms with Crippen molar-refractivity contribution in [2.75, 3.05) is 4.72 Å². The van der Waals surface area contributed by atoms with Crippen LogP contribution in [0.25, 0.3) is 11.0 Å². The molecule has 1 heterocycles. The van der Waals surface area contributed by atoms with Crippen molar-refractivity contribution < 1.29 is 8.76 Å². The Bertz CT molecular complexity index is 483. The lowest BCUT2D eigenvalue weighted by Gasteiger charge is -2.03. The molecule has 0 aliphatic rings. The molecule has 1 aromatic heterocycles. The number of rotatable bonds is 2. The maximum Gasteiger partial charge on any atom is 0.259 e. The number of anilines is 1. The van der Waals surface area contributed by atoms with Gasteiger partial charge in [0.2, 0.25) is 0 Å². The second-order valence-corrected chi connectivity index (χ2v) is 3.28. The van der Waals surface area contributed by atoms with Crippen LogP contribution >= 0.6 is 0 Å². The van der Waals surface area contributed by atoms with Crippen LogP contribution in [0.1, 0.15) is 0 Å². The molecule has 1 aromatic carbocycles. The molecule has 0 fully saturated rings. The van der Waals surface area contributed by atoms with Crippen molar-refractivity contribution in [1.29, 1.82) is 0 Å². The lowest BCUT2D eigenvalue weighted by molar-refractivity contribution is 0.570. The van der Waals surface area contributed by atoms with E-state index >= 15 is 0 Å². The van der Waals surface area contributed by atoms with Gasteiger partial charge in [0.25, 0.3) is 11.3 Å². The molecule has 0 spiro atoms. The van der Waals surface area contributed by atoms with E-state index in [0.717, 1.165) is 0 Å². The summed E-state index contributed by atoms with van der Waals surface area (Å²) in [5.74, 6) is 0. The van der Waals surface area contributed by atoms with Gasteiger partial charge in [0.05, 0.1) is 11.2 Å². The van der Waals surface area contributed by atoms with Crippen molar-refractivity contribution in [3.8, 4) is 0 Å². The zero-order chi connectivity index (χ0) is 9.97. The predicted octanol–water partition coefficient (Wildman–Crippen LogP) is 1.18. The summed E-state index contributed by atoms with van der Waals surface area (Å²) in [5.41, 5.74) is 1.76. The van der Waals surface area contributed by atoms with Crippen LogP contribution in [-0.4, -0.2) is 18.7 Å². The van der Waals surface area contributed by atoms with Crippen molar-refractivity contribution >= 4 is 28.0 Å². The van der Waals surface area contributed by atoms with Gasteiger partial charge in [-0.1, -0.05) is 6.07 Å². The zero-order valence-electron chi connectivity index (χ0n) is 7.04. The van der Waals surface area contributed by atoms with E-state index in [2.05, 4.69) is 14.7 Å². The summed E-state index contributed by atoms with van der Waals surface area (Å²) in [5, 5.41) is 0. The van der Waals surface area contributed by atoms with Gasteiger partial charge in [-0.3, -0.25) is 19.2 Å². The number of fused-ring (bicyclic) bond motifs is 1. The smallest absolute Gasteiger partial charge is 0.259 e. The van der Waals surface area contributed by atoms with Crippen molar-refractivity contribution in [2.45, 2.75) is 0 Å². The molecule has 2 N–H and O–H groups in total. The first-order valence-corrected chi connectivity index (χ1v) is 4.95. The van der Waals surface area contributed by atoms with Gasteiger partial charge in [-0.2, -0.15) is 0 Å². The Hall–Kier alpha value is -1.53. The average Bonchev–Trinajstić information content (AvgIpc) is 2.18. The monoisotopic (exact) mass is 209 g/mol. The number of nitrogens with zero attached hydrogens (tertiary/aromatic N) is 2. The molecule has 0 amide bonds. The lowest BCUT2D eigenvalue weighted by Crippen LogP contribution is -2.02. The Labute approximate surface area is 82.6 Å². The fraction of sp³-hybridized carbons (Fsp3) is 0. The van der Waals surface area contributed by atoms with Crippen LogP contribution in [0.2, 0.25) is 0 Å². The van der Waals surface area contributed by atoms with Gasteiger partial charge in [0.1, 0.15) is 5.52 Å². The maximum absolute atomic E-state index is 10.6. The summed E-state index contributed by atoms with van der Waals surface area (Å²) in [7, 11) is 0. The number of benzene rings is 1. The summed E-state index contributed by atoms with van der Waals surface area (Å²) >= 11 is -2.09. The minimum Gasteiger partial charge on any atom is -0.289 e. The summed E-state index contributed by atoms with van der Waals surface area (Å²) in [4.78, 5) is 8.13. The van der Waals surface area contributed by atoms with Gasteiger partial charge < -0.3 is 0 Å². The molecule has 0 saturated carbocycles. The zero-order valence-corrected chi connectivity index (χ0v) is 7.86. The lowest BCUT2D eigenvalue weighted by atomic mass is 10.2. The summed E-state index contributed by atoms with van der Waals surface area (Å²) in [6, 6.07) is 5.20. The molecule has 1 atom stereocenters. The Morgan fingerprint density at radius 2 is 2.07 bits per heavy atom. The van der Waals surface area contributed by atoms with Crippen LogP contribution in [0.3, 0.4) is 0 Å². The Kier molecular flexibility index (Phi) is 2.38. The molecule has 1 unspecified atom stereocenters. The van der Waals surface area contributed by atoms with Gasteiger partial charge in [0.15, 0.2) is 0 Å². The van der Waals surface area contributed by atoms with E-state index in [4.69, 9.17) is 4.55 Å². The molecule has 72 valence electrons. The molecule has 14 heavy (non-hydrogen) atoms. The van der Waals surface area contributed by atoms with Crippen molar-refractivity contribution in [1.82, 2.24) is 9.97 Å². The number of aromatic nitrogens is 2. The Morgan fingerprint density at radius 1 is 1.29 bits per heavy atom. The predicted molar refractivity (Wildman–Crippen MR) is 53.9 cm³/mol. The highest BCUT2D eigenvalue weighted by atomic mass is 32.2. The van der Waals surface area contributed by atoms with E-state index in [9.17, 15) is 4.21 Å². The third-order valence-electron chi connectivity index (χ3n) is 1.70. The SMILES string of the molecule is O=S(O)Nc1cccc2nccnc12. The molecule has 5 nitrogen and oxygen atoms in total. The normalized spacial score (nSPS) is 12.6. The molecule has 0 radical (unpaired) electrons. The second-order valence-electron chi connectivity index (χ2n) is 2.58. The highest BCUT2D eigenvalue weighted by molar-refractivity contribution is 7.80. The van der Waals surface area contributed by atoms with E-state index in [1.165, 1.54) is 6.20 Å². The molecule has 2 aromatic rings. The van der Waals surface area contributed by atoms with E-state index < -0.39 is 11.3 Å². The standard InChI is InChI=1S/C8H7N3O2S/c12-14(13)11-7-3-1-2-6-8(7)10-5-4-9-6/h1-5,11H,(H,12,13). The molecule has 0 saturated heterocycles. The summed E-state index contributed by atoms with van der Waals surface area (Å²) < 4.78 is 21.6. The Morgan fingerprint density at radius 3 is 2.86 bits per heavy atom. The van der Waals surface area contributed by atoms with Gasteiger partial charge >= 0.3 is 0 Å². The quantitative estimate of drug-likeness (QED) is 0.728. The minimum absolute atomic E-state index is 0.497. The molecule has 0 bridgehead atoms. The fourth-order valence-corrected chi connectivity index (χ4v) is 1.52. The maximum atomic E-state index is 10.6. The number of para-hydroxylation sites is 1. The first kappa shape index (κ1) is 9.04. The molecule has 6 heteroatoms. The van der Waals surface area contributed by atoms with Crippen LogP contribution < -0.4 is 4.72 Å². The Balaban J connectivity index is 2.59. The molecular weight excluding hydrogens is 202 g/mol. The molecule has 0 aliphatic heterocycles. The third kappa shape index (κ3) is 1.70. The number of hydrogen-bond donors (Lipinski definition) is 2. The number of nitrogens with one attached hydrogen (secondary N) is 1. The molecular formula is C8H7N3O2S. The van der Waals surface area contributed by atoms with Gasteiger partial charge in [-0.05, 0) is 12.1 Å². The van der Waals surface area contributed by atoms with E-state index in [-0.39, 0.29) is 0 Å². The second kappa shape index (κ2) is 3.69. The first-order valence-electron chi connectivity index (χ1n) is 3.84.